The summed E-state index contributed by atoms with van der Waals surface area (Å²) in [6.45, 7) is 0. The van der Waals surface area contributed by atoms with Crippen LogP contribution in [0, 0.1) is 0 Å². The average molecular weight is 458 g/mol. The van der Waals surface area contributed by atoms with Crippen molar-refractivity contribution in [3.63, 3.8) is 0 Å². The van der Waals surface area contributed by atoms with Crippen LogP contribution < -0.4 is 23.7 Å². The molecule has 5 rings (SSSR count). The second kappa shape index (κ2) is 8.59. The van der Waals surface area contributed by atoms with Gasteiger partial charge in [0, 0.05) is 23.1 Å². The predicted molar refractivity (Wildman–Crippen MR) is 124 cm³/mol. The van der Waals surface area contributed by atoms with Crippen molar-refractivity contribution in [2.45, 2.75) is 12.3 Å². The van der Waals surface area contributed by atoms with Gasteiger partial charge in [0.1, 0.15) is 28.7 Å². The van der Waals surface area contributed by atoms with E-state index in [1.54, 1.807) is 45.6 Å². The molecule has 0 radical (unpaired) electrons. The maximum atomic E-state index is 13.2. The van der Waals surface area contributed by atoms with Gasteiger partial charge in [-0.2, -0.15) is 0 Å². The van der Waals surface area contributed by atoms with Gasteiger partial charge in [-0.25, -0.2) is 0 Å². The fourth-order valence-electron chi connectivity index (χ4n) is 4.33. The van der Waals surface area contributed by atoms with Gasteiger partial charge >= 0.3 is 5.97 Å². The number of benzene rings is 3. The van der Waals surface area contributed by atoms with E-state index in [9.17, 15) is 9.59 Å². The first kappa shape index (κ1) is 21.6. The van der Waals surface area contributed by atoms with Crippen LogP contribution in [-0.4, -0.2) is 33.1 Å². The molecule has 1 atom stereocenters. The largest absolute Gasteiger partial charge is 0.497 e. The molecule has 0 amide bonds. The number of allylic oxidation sites excluding steroid dienone is 1. The number of fused-ring (bicyclic) bond motifs is 3. The molecule has 1 unspecified atom stereocenters. The van der Waals surface area contributed by atoms with E-state index >= 15 is 0 Å². The van der Waals surface area contributed by atoms with Crippen LogP contribution in [0.3, 0.4) is 0 Å². The molecule has 3 aromatic carbocycles. The van der Waals surface area contributed by atoms with Gasteiger partial charge in [0.2, 0.25) is 5.78 Å². The summed E-state index contributed by atoms with van der Waals surface area (Å²) in [5.74, 6) is 1.88. The lowest BCUT2D eigenvalue weighted by Crippen LogP contribution is -2.22. The molecule has 0 spiro atoms. The monoisotopic (exact) mass is 458 g/mol. The molecule has 2 aliphatic heterocycles. The first-order valence-corrected chi connectivity index (χ1v) is 10.7. The first-order valence-electron chi connectivity index (χ1n) is 10.7. The van der Waals surface area contributed by atoms with Crippen LogP contribution in [0.2, 0.25) is 0 Å². The maximum absolute atomic E-state index is 13.2. The summed E-state index contributed by atoms with van der Waals surface area (Å²) in [6.07, 6.45) is 1.77. The van der Waals surface area contributed by atoms with Crippen LogP contribution in [0.25, 0.3) is 6.08 Å². The number of rotatable bonds is 5. The highest BCUT2D eigenvalue weighted by Gasteiger charge is 2.39. The standard InChI is InChI=1S/C27H22O7/c1-30-16-6-4-15(5-7-16)12-23-26(29)19-10-11-21-25(27(19)34-23)20(14-24(28)33-21)18-9-8-17(31-2)13-22(18)32-3/h4-13,20H,14H2,1-3H3/b23-12-. The Bertz CT molecular complexity index is 1320. The third-order valence-corrected chi connectivity index (χ3v) is 6.01. The van der Waals surface area contributed by atoms with Crippen LogP contribution in [0.5, 0.6) is 28.7 Å². The van der Waals surface area contributed by atoms with Crippen LogP contribution in [0.4, 0.5) is 0 Å². The zero-order valence-corrected chi connectivity index (χ0v) is 18.9. The van der Waals surface area contributed by atoms with Crippen LogP contribution in [0.15, 0.2) is 60.4 Å². The van der Waals surface area contributed by atoms with Gasteiger partial charge in [0.05, 0.1) is 33.3 Å². The van der Waals surface area contributed by atoms with Gasteiger partial charge in [-0.1, -0.05) is 18.2 Å². The minimum Gasteiger partial charge on any atom is -0.497 e. The second-order valence-corrected chi connectivity index (χ2v) is 7.91. The van der Waals surface area contributed by atoms with Crippen molar-refractivity contribution in [3.05, 3.63) is 82.6 Å². The molecule has 3 aromatic rings. The first-order chi connectivity index (χ1) is 16.5. The van der Waals surface area contributed by atoms with E-state index in [2.05, 4.69) is 0 Å². The van der Waals surface area contributed by atoms with Gasteiger partial charge in [0.15, 0.2) is 5.76 Å². The van der Waals surface area contributed by atoms with E-state index < -0.39 is 5.92 Å². The summed E-state index contributed by atoms with van der Waals surface area (Å²) >= 11 is 0. The third-order valence-electron chi connectivity index (χ3n) is 6.01. The van der Waals surface area contributed by atoms with Crippen molar-refractivity contribution < 1.29 is 33.3 Å². The zero-order valence-electron chi connectivity index (χ0n) is 18.9. The SMILES string of the molecule is COc1ccc(/C=C2\Oc3c(ccc4c3C(c3ccc(OC)cc3OC)CC(=O)O4)C2=O)cc1. The Morgan fingerprint density at radius 2 is 1.59 bits per heavy atom. The molecule has 7 heteroatoms. The number of carbonyl (C=O) groups excluding carboxylic acids is 2. The minimum absolute atomic E-state index is 0.0845. The van der Waals surface area contributed by atoms with Crippen molar-refractivity contribution in [3.8, 4) is 28.7 Å². The smallest absolute Gasteiger partial charge is 0.312 e. The minimum atomic E-state index is -0.416. The van der Waals surface area contributed by atoms with Crippen molar-refractivity contribution >= 4 is 17.8 Å². The molecular formula is C27H22O7. The van der Waals surface area contributed by atoms with E-state index in [0.717, 1.165) is 16.9 Å². The normalized spacial score (nSPS) is 17.5. The van der Waals surface area contributed by atoms with E-state index in [0.29, 0.717) is 34.1 Å². The number of carbonyl (C=O) groups is 2. The zero-order chi connectivity index (χ0) is 23.8. The quantitative estimate of drug-likeness (QED) is 0.310. The number of esters is 1. The molecule has 0 N–H and O–H groups in total. The Hall–Kier alpha value is -4.26. The summed E-state index contributed by atoms with van der Waals surface area (Å²) in [5, 5.41) is 0. The summed E-state index contributed by atoms with van der Waals surface area (Å²) < 4.78 is 27.7. The topological polar surface area (TPSA) is 80.3 Å². The molecule has 0 fully saturated rings. The lowest BCUT2D eigenvalue weighted by atomic mass is 9.84. The van der Waals surface area contributed by atoms with Gasteiger partial charge in [-0.05, 0) is 42.0 Å². The fraction of sp³-hybridized carbons (Fsp3) is 0.185. The highest BCUT2D eigenvalue weighted by atomic mass is 16.5. The summed E-state index contributed by atoms with van der Waals surface area (Å²) in [6, 6.07) is 16.0. The molecule has 0 aliphatic carbocycles. The number of ether oxygens (including phenoxy) is 5. The molecular weight excluding hydrogens is 436 g/mol. The highest BCUT2D eigenvalue weighted by Crippen LogP contribution is 2.50. The lowest BCUT2D eigenvalue weighted by molar-refractivity contribution is -0.135. The van der Waals surface area contributed by atoms with Crippen LogP contribution in [-0.2, 0) is 4.79 Å². The van der Waals surface area contributed by atoms with Gasteiger partial charge in [-0.3, -0.25) is 9.59 Å². The Balaban J connectivity index is 1.59. The Morgan fingerprint density at radius 3 is 2.29 bits per heavy atom. The number of methoxy groups -OCH3 is 3. The lowest BCUT2D eigenvalue weighted by Gasteiger charge is -2.27. The second-order valence-electron chi connectivity index (χ2n) is 7.91. The molecule has 34 heavy (non-hydrogen) atoms. The van der Waals surface area contributed by atoms with Crippen molar-refractivity contribution in [1.29, 1.82) is 0 Å². The summed E-state index contributed by atoms with van der Waals surface area (Å²) in [4.78, 5) is 25.6. The fourth-order valence-corrected chi connectivity index (χ4v) is 4.33. The maximum Gasteiger partial charge on any atom is 0.312 e. The van der Waals surface area contributed by atoms with Crippen LogP contribution in [0.1, 0.15) is 39.4 Å². The van der Waals surface area contributed by atoms with Gasteiger partial charge < -0.3 is 23.7 Å². The Labute approximate surface area is 196 Å². The third kappa shape index (κ3) is 3.65. The van der Waals surface area contributed by atoms with E-state index in [4.69, 9.17) is 23.7 Å². The van der Waals surface area contributed by atoms with Gasteiger partial charge in [-0.15, -0.1) is 0 Å². The number of hydrogen-bond donors (Lipinski definition) is 0. The van der Waals surface area contributed by atoms with E-state index in [-0.39, 0.29) is 23.9 Å². The molecule has 0 bridgehead atoms. The molecule has 2 heterocycles. The molecule has 0 saturated carbocycles. The average Bonchev–Trinajstić information content (AvgIpc) is 3.18. The summed E-state index contributed by atoms with van der Waals surface area (Å²) in [5.41, 5.74) is 2.64. The molecule has 0 aromatic heterocycles. The molecule has 0 saturated heterocycles. The van der Waals surface area contributed by atoms with E-state index in [1.165, 1.54) is 0 Å². The predicted octanol–water partition coefficient (Wildman–Crippen LogP) is 4.77. The summed E-state index contributed by atoms with van der Waals surface area (Å²) in [7, 11) is 4.73. The van der Waals surface area contributed by atoms with Crippen LogP contribution >= 0.6 is 0 Å². The van der Waals surface area contributed by atoms with E-state index in [1.807, 2.05) is 36.4 Å². The molecule has 172 valence electrons. The van der Waals surface area contributed by atoms with Crippen molar-refractivity contribution in [1.82, 2.24) is 0 Å². The Morgan fingerprint density at radius 1 is 0.853 bits per heavy atom. The van der Waals surface area contributed by atoms with Crippen molar-refractivity contribution in [2.24, 2.45) is 0 Å². The highest BCUT2D eigenvalue weighted by molar-refractivity contribution is 6.15. The molecule has 2 aliphatic rings. The van der Waals surface area contributed by atoms with Gasteiger partial charge in [0.25, 0.3) is 0 Å². The number of Topliss-reactive ketones (excluding diaryl/α,β-unsaturated/α-hetero) is 1. The number of ketones is 1. The number of hydrogen-bond acceptors (Lipinski definition) is 7. The Kier molecular flexibility index (Phi) is 5.45. The van der Waals surface area contributed by atoms with Crippen molar-refractivity contribution in [2.75, 3.05) is 21.3 Å². The molecule has 7 nitrogen and oxygen atoms in total.